The molecule has 2 atom stereocenters. The van der Waals surface area contributed by atoms with Crippen molar-refractivity contribution in [3.8, 4) is 0 Å². The van der Waals surface area contributed by atoms with Crippen molar-refractivity contribution < 1.29 is 9.31 Å². The standard InChI is InChI=1S/C15H21FN2O2/c1-11-3-2-4-14(7-5-11)17-10-12-9-13(16)6-8-15(12)18(19)20/h6,8-9,11,14,17H,2-5,7,10H2,1H3. The first-order valence-corrected chi connectivity index (χ1v) is 7.22. The summed E-state index contributed by atoms with van der Waals surface area (Å²) in [6.45, 7) is 2.62. The Morgan fingerprint density at radius 1 is 1.35 bits per heavy atom. The maximum atomic E-state index is 13.2. The van der Waals surface area contributed by atoms with Crippen molar-refractivity contribution in [3.63, 3.8) is 0 Å². The molecule has 1 aromatic rings. The molecule has 1 N–H and O–H groups in total. The van der Waals surface area contributed by atoms with Crippen LogP contribution < -0.4 is 5.32 Å². The SMILES string of the molecule is CC1CCCC(NCc2cc(F)ccc2[N+](=O)[O-])CC1. The van der Waals surface area contributed by atoms with E-state index < -0.39 is 10.7 Å². The van der Waals surface area contributed by atoms with Crippen molar-refractivity contribution in [2.75, 3.05) is 0 Å². The fourth-order valence-corrected chi connectivity index (χ4v) is 2.82. The van der Waals surface area contributed by atoms with Gasteiger partial charge in [-0.15, -0.1) is 0 Å². The lowest BCUT2D eigenvalue weighted by atomic mass is 10.0. The monoisotopic (exact) mass is 280 g/mol. The molecule has 1 saturated carbocycles. The van der Waals surface area contributed by atoms with Gasteiger partial charge in [0.25, 0.3) is 5.69 Å². The molecule has 2 unspecified atom stereocenters. The zero-order valence-electron chi connectivity index (χ0n) is 11.8. The molecule has 110 valence electrons. The van der Waals surface area contributed by atoms with Crippen LogP contribution in [0.4, 0.5) is 10.1 Å². The molecule has 1 aromatic carbocycles. The molecule has 2 rings (SSSR count). The predicted octanol–water partition coefficient (Wildman–Crippen LogP) is 3.79. The summed E-state index contributed by atoms with van der Waals surface area (Å²) in [6.07, 6.45) is 5.79. The van der Waals surface area contributed by atoms with E-state index in [2.05, 4.69) is 12.2 Å². The van der Waals surface area contributed by atoms with E-state index >= 15 is 0 Å². The van der Waals surface area contributed by atoms with Crippen LogP contribution in [0.2, 0.25) is 0 Å². The average Bonchev–Trinajstić information content (AvgIpc) is 2.61. The van der Waals surface area contributed by atoms with Crippen LogP contribution in [0.1, 0.15) is 44.6 Å². The summed E-state index contributed by atoms with van der Waals surface area (Å²) in [6, 6.07) is 4.00. The summed E-state index contributed by atoms with van der Waals surface area (Å²) in [4.78, 5) is 10.5. The fourth-order valence-electron chi connectivity index (χ4n) is 2.82. The van der Waals surface area contributed by atoms with Crippen LogP contribution in [0.25, 0.3) is 0 Å². The van der Waals surface area contributed by atoms with E-state index in [1.165, 1.54) is 31.4 Å². The van der Waals surface area contributed by atoms with Gasteiger partial charge in [-0.3, -0.25) is 10.1 Å². The average molecular weight is 280 g/mol. The molecular weight excluding hydrogens is 259 g/mol. The number of benzene rings is 1. The summed E-state index contributed by atoms with van der Waals surface area (Å²) in [5.41, 5.74) is 0.410. The summed E-state index contributed by atoms with van der Waals surface area (Å²) < 4.78 is 13.2. The molecular formula is C15H21FN2O2. The van der Waals surface area contributed by atoms with Crippen LogP contribution >= 0.6 is 0 Å². The summed E-state index contributed by atoms with van der Waals surface area (Å²) in [5, 5.41) is 14.3. The Morgan fingerprint density at radius 2 is 2.15 bits per heavy atom. The number of hydrogen-bond donors (Lipinski definition) is 1. The lowest BCUT2D eigenvalue weighted by Crippen LogP contribution is -2.28. The highest BCUT2D eigenvalue weighted by Gasteiger charge is 2.18. The van der Waals surface area contributed by atoms with Gasteiger partial charge < -0.3 is 5.32 Å². The Kier molecular flexibility index (Phi) is 5.06. The summed E-state index contributed by atoms with van der Waals surface area (Å²) >= 11 is 0. The minimum atomic E-state index is -0.453. The van der Waals surface area contributed by atoms with Crippen LogP contribution in [0, 0.1) is 21.8 Å². The van der Waals surface area contributed by atoms with Crippen LogP contribution in [0.5, 0.6) is 0 Å². The lowest BCUT2D eigenvalue weighted by Gasteiger charge is -2.16. The molecule has 1 aliphatic carbocycles. The van der Waals surface area contributed by atoms with Crippen molar-refractivity contribution in [2.45, 2.75) is 51.6 Å². The topological polar surface area (TPSA) is 55.2 Å². The number of nitro groups is 1. The fraction of sp³-hybridized carbons (Fsp3) is 0.600. The minimum absolute atomic E-state index is 0.0131. The molecule has 0 heterocycles. The summed E-state index contributed by atoms with van der Waals surface area (Å²) in [5.74, 6) is 0.326. The maximum absolute atomic E-state index is 13.2. The number of hydrogen-bond acceptors (Lipinski definition) is 3. The molecule has 0 amide bonds. The number of nitro benzene ring substituents is 1. The van der Waals surface area contributed by atoms with Crippen molar-refractivity contribution >= 4 is 5.69 Å². The van der Waals surface area contributed by atoms with Gasteiger partial charge in [0, 0.05) is 24.2 Å². The van der Waals surface area contributed by atoms with E-state index in [0.29, 0.717) is 18.2 Å². The Bertz CT molecular complexity index is 479. The molecule has 0 radical (unpaired) electrons. The highest BCUT2D eigenvalue weighted by Crippen LogP contribution is 2.24. The van der Waals surface area contributed by atoms with Crippen LogP contribution in [-0.4, -0.2) is 11.0 Å². The third-order valence-corrected chi connectivity index (χ3v) is 4.08. The minimum Gasteiger partial charge on any atom is -0.310 e. The molecule has 0 bridgehead atoms. The van der Waals surface area contributed by atoms with Crippen molar-refractivity contribution in [2.24, 2.45) is 5.92 Å². The van der Waals surface area contributed by atoms with E-state index in [1.807, 2.05) is 0 Å². The van der Waals surface area contributed by atoms with E-state index in [1.54, 1.807) is 0 Å². The van der Waals surface area contributed by atoms with E-state index in [4.69, 9.17) is 0 Å². The Morgan fingerprint density at radius 3 is 2.90 bits per heavy atom. The van der Waals surface area contributed by atoms with Crippen molar-refractivity contribution in [1.29, 1.82) is 0 Å². The van der Waals surface area contributed by atoms with E-state index in [0.717, 1.165) is 24.8 Å². The molecule has 20 heavy (non-hydrogen) atoms. The first-order valence-electron chi connectivity index (χ1n) is 7.22. The Balaban J connectivity index is 1.99. The molecule has 1 fully saturated rings. The second kappa shape index (κ2) is 6.79. The lowest BCUT2D eigenvalue weighted by molar-refractivity contribution is -0.385. The molecule has 1 aliphatic rings. The van der Waals surface area contributed by atoms with Crippen molar-refractivity contribution in [1.82, 2.24) is 5.32 Å². The predicted molar refractivity (Wildman–Crippen MR) is 75.9 cm³/mol. The van der Waals surface area contributed by atoms with Gasteiger partial charge in [0.15, 0.2) is 0 Å². The maximum Gasteiger partial charge on any atom is 0.274 e. The molecule has 0 saturated heterocycles. The van der Waals surface area contributed by atoms with Gasteiger partial charge in [-0.25, -0.2) is 4.39 Å². The van der Waals surface area contributed by atoms with Gasteiger partial charge in [-0.05, 0) is 37.3 Å². The number of nitrogens with one attached hydrogen (secondary N) is 1. The zero-order chi connectivity index (χ0) is 14.5. The molecule has 4 nitrogen and oxygen atoms in total. The van der Waals surface area contributed by atoms with Crippen LogP contribution in [0.3, 0.4) is 0 Å². The van der Waals surface area contributed by atoms with Crippen LogP contribution in [-0.2, 0) is 6.54 Å². The Labute approximate surface area is 118 Å². The number of rotatable bonds is 4. The third kappa shape index (κ3) is 4.00. The van der Waals surface area contributed by atoms with Crippen LogP contribution in [0.15, 0.2) is 18.2 Å². The first-order chi connectivity index (χ1) is 9.56. The molecule has 5 heteroatoms. The normalized spacial score (nSPS) is 23.3. The highest BCUT2D eigenvalue weighted by molar-refractivity contribution is 5.40. The van der Waals surface area contributed by atoms with Gasteiger partial charge in [-0.2, -0.15) is 0 Å². The molecule has 0 aromatic heterocycles. The number of halogens is 1. The second-order valence-corrected chi connectivity index (χ2v) is 5.72. The molecule has 0 aliphatic heterocycles. The number of nitrogens with zero attached hydrogens (tertiary/aromatic N) is 1. The van der Waals surface area contributed by atoms with E-state index in [9.17, 15) is 14.5 Å². The zero-order valence-corrected chi connectivity index (χ0v) is 11.8. The molecule has 0 spiro atoms. The van der Waals surface area contributed by atoms with Gasteiger partial charge >= 0.3 is 0 Å². The largest absolute Gasteiger partial charge is 0.310 e. The van der Waals surface area contributed by atoms with Gasteiger partial charge in [0.05, 0.1) is 4.92 Å². The second-order valence-electron chi connectivity index (χ2n) is 5.72. The first kappa shape index (κ1) is 14.9. The van der Waals surface area contributed by atoms with Crippen molar-refractivity contribution in [3.05, 3.63) is 39.7 Å². The van der Waals surface area contributed by atoms with E-state index in [-0.39, 0.29) is 5.69 Å². The smallest absolute Gasteiger partial charge is 0.274 e. The van der Waals surface area contributed by atoms with Gasteiger partial charge in [0.2, 0.25) is 0 Å². The Hall–Kier alpha value is -1.49. The quantitative estimate of drug-likeness (QED) is 0.518. The third-order valence-electron chi connectivity index (χ3n) is 4.08. The summed E-state index contributed by atoms with van der Waals surface area (Å²) in [7, 11) is 0. The highest BCUT2D eigenvalue weighted by atomic mass is 19.1. The van der Waals surface area contributed by atoms with Gasteiger partial charge in [0.1, 0.15) is 5.82 Å². The van der Waals surface area contributed by atoms with Gasteiger partial charge in [-0.1, -0.05) is 19.8 Å².